The molecule has 1 aromatic heterocycles. The molecule has 0 aliphatic carbocycles. The molecule has 0 spiro atoms. The number of hydrogen-bond acceptors (Lipinski definition) is 2. The van der Waals surface area contributed by atoms with Crippen molar-refractivity contribution in [3.63, 3.8) is 0 Å². The van der Waals surface area contributed by atoms with Gasteiger partial charge in [0.1, 0.15) is 5.75 Å². The summed E-state index contributed by atoms with van der Waals surface area (Å²) in [6.45, 7) is 2.07. The molecule has 0 atom stereocenters. The van der Waals surface area contributed by atoms with Crippen LogP contribution in [0, 0.1) is 6.92 Å². The average Bonchev–Trinajstić information content (AvgIpc) is 2.42. The number of pyridine rings is 1. The van der Waals surface area contributed by atoms with Crippen molar-refractivity contribution in [2.75, 3.05) is 0 Å². The molecule has 1 heterocycles. The lowest BCUT2D eigenvalue weighted by atomic mass is 10.1. The normalized spacial score (nSPS) is 10.6. The van der Waals surface area contributed by atoms with Gasteiger partial charge in [-0.2, -0.15) is 0 Å². The Morgan fingerprint density at radius 3 is 2.53 bits per heavy atom. The van der Waals surface area contributed by atoms with Gasteiger partial charge in [0.05, 0.1) is 5.52 Å². The first-order chi connectivity index (χ1) is 9.22. The first kappa shape index (κ1) is 12.2. The van der Waals surface area contributed by atoms with Crippen molar-refractivity contribution in [2.45, 2.75) is 6.92 Å². The van der Waals surface area contributed by atoms with Gasteiger partial charge in [-0.25, -0.2) is 4.98 Å². The van der Waals surface area contributed by atoms with Crippen LogP contribution < -0.4 is 4.74 Å². The summed E-state index contributed by atoms with van der Waals surface area (Å²) in [5.74, 6) is 1.41. The van der Waals surface area contributed by atoms with Crippen LogP contribution in [-0.4, -0.2) is 4.98 Å². The summed E-state index contributed by atoms with van der Waals surface area (Å²) in [6.07, 6.45) is 0. The van der Waals surface area contributed by atoms with Gasteiger partial charge in [-0.15, -0.1) is 0 Å². The average molecular weight is 314 g/mol. The maximum atomic E-state index is 5.79. The van der Waals surface area contributed by atoms with Crippen molar-refractivity contribution in [1.29, 1.82) is 0 Å². The fourth-order valence-electron chi connectivity index (χ4n) is 1.99. The first-order valence-electron chi connectivity index (χ1n) is 6.02. The Balaban J connectivity index is 1.99. The minimum Gasteiger partial charge on any atom is -0.439 e. The zero-order chi connectivity index (χ0) is 13.2. The second kappa shape index (κ2) is 5.02. The Morgan fingerprint density at radius 2 is 1.74 bits per heavy atom. The third kappa shape index (κ3) is 2.61. The van der Waals surface area contributed by atoms with Crippen molar-refractivity contribution >= 4 is 26.8 Å². The molecule has 0 fully saturated rings. The summed E-state index contributed by atoms with van der Waals surface area (Å²) in [7, 11) is 0. The minimum absolute atomic E-state index is 0.624. The van der Waals surface area contributed by atoms with Crippen molar-refractivity contribution in [1.82, 2.24) is 4.98 Å². The molecule has 2 nitrogen and oxygen atoms in total. The summed E-state index contributed by atoms with van der Waals surface area (Å²) in [4.78, 5) is 4.52. The van der Waals surface area contributed by atoms with E-state index in [0.717, 1.165) is 26.7 Å². The molecule has 19 heavy (non-hydrogen) atoms. The zero-order valence-electron chi connectivity index (χ0n) is 10.4. The molecule has 0 saturated carbocycles. The maximum Gasteiger partial charge on any atom is 0.220 e. The van der Waals surface area contributed by atoms with E-state index in [-0.39, 0.29) is 0 Å². The number of para-hydroxylation sites is 1. The van der Waals surface area contributed by atoms with E-state index in [0.29, 0.717) is 5.88 Å². The number of hydrogen-bond donors (Lipinski definition) is 0. The predicted octanol–water partition coefficient (Wildman–Crippen LogP) is 5.10. The molecule has 0 bridgehead atoms. The standard InChI is InChI=1S/C16H12BrNO/c1-11-10-16(18-15-5-3-2-4-14(11)15)19-13-8-6-12(17)7-9-13/h2-10H,1H3. The Bertz CT molecular complexity index is 722. The molecule has 94 valence electrons. The Labute approximate surface area is 120 Å². The number of fused-ring (bicyclic) bond motifs is 1. The number of nitrogens with zero attached hydrogens (tertiary/aromatic N) is 1. The number of benzene rings is 2. The van der Waals surface area contributed by atoms with Gasteiger partial charge in [0.25, 0.3) is 0 Å². The van der Waals surface area contributed by atoms with Gasteiger partial charge in [-0.05, 0) is 42.8 Å². The van der Waals surface area contributed by atoms with Crippen molar-refractivity contribution in [2.24, 2.45) is 0 Å². The van der Waals surface area contributed by atoms with Crippen LogP contribution in [0.2, 0.25) is 0 Å². The third-order valence-corrected chi connectivity index (χ3v) is 3.46. The highest BCUT2D eigenvalue weighted by Gasteiger charge is 2.04. The number of rotatable bonds is 2. The number of ether oxygens (including phenoxy) is 1. The van der Waals surface area contributed by atoms with Crippen molar-refractivity contribution in [3.05, 3.63) is 64.6 Å². The van der Waals surface area contributed by atoms with Crippen LogP contribution in [0.1, 0.15) is 5.56 Å². The summed E-state index contributed by atoms with van der Waals surface area (Å²) in [6, 6.07) is 17.8. The molecule has 3 heteroatoms. The van der Waals surface area contributed by atoms with Crippen molar-refractivity contribution < 1.29 is 4.74 Å². The van der Waals surface area contributed by atoms with Crippen LogP contribution in [0.25, 0.3) is 10.9 Å². The van der Waals surface area contributed by atoms with E-state index in [4.69, 9.17) is 4.74 Å². The molecule has 3 aromatic rings. The number of aryl methyl sites for hydroxylation is 1. The smallest absolute Gasteiger partial charge is 0.220 e. The van der Waals surface area contributed by atoms with Gasteiger partial charge in [0.15, 0.2) is 0 Å². The third-order valence-electron chi connectivity index (χ3n) is 2.94. The van der Waals surface area contributed by atoms with E-state index in [1.807, 2.05) is 48.5 Å². The van der Waals surface area contributed by atoms with Crippen LogP contribution in [0.3, 0.4) is 0 Å². The second-order valence-corrected chi connectivity index (χ2v) is 5.27. The highest BCUT2D eigenvalue weighted by Crippen LogP contribution is 2.26. The van der Waals surface area contributed by atoms with Crippen LogP contribution in [0.15, 0.2) is 59.1 Å². The number of halogens is 1. The van der Waals surface area contributed by atoms with E-state index in [2.05, 4.69) is 33.9 Å². The second-order valence-electron chi connectivity index (χ2n) is 4.35. The predicted molar refractivity (Wildman–Crippen MR) is 80.7 cm³/mol. The lowest BCUT2D eigenvalue weighted by Crippen LogP contribution is -1.90. The van der Waals surface area contributed by atoms with E-state index in [1.54, 1.807) is 0 Å². The van der Waals surface area contributed by atoms with Crippen molar-refractivity contribution in [3.8, 4) is 11.6 Å². The zero-order valence-corrected chi connectivity index (χ0v) is 12.0. The SMILES string of the molecule is Cc1cc(Oc2ccc(Br)cc2)nc2ccccc12. The molecule has 2 aromatic carbocycles. The molecule has 0 unspecified atom stereocenters. The molecule has 0 N–H and O–H groups in total. The summed E-state index contributed by atoms with van der Waals surface area (Å²) >= 11 is 3.40. The molecule has 0 amide bonds. The Hall–Kier alpha value is -1.87. The van der Waals surface area contributed by atoms with Gasteiger partial charge in [-0.3, -0.25) is 0 Å². The van der Waals surface area contributed by atoms with Crippen LogP contribution in [0.5, 0.6) is 11.6 Å². The lowest BCUT2D eigenvalue weighted by molar-refractivity contribution is 0.464. The largest absolute Gasteiger partial charge is 0.439 e. The topological polar surface area (TPSA) is 22.1 Å². The van der Waals surface area contributed by atoms with Gasteiger partial charge in [0, 0.05) is 15.9 Å². The van der Waals surface area contributed by atoms with E-state index in [1.165, 1.54) is 0 Å². The van der Waals surface area contributed by atoms with Gasteiger partial charge in [0.2, 0.25) is 5.88 Å². The first-order valence-corrected chi connectivity index (χ1v) is 6.81. The van der Waals surface area contributed by atoms with Crippen LogP contribution in [0.4, 0.5) is 0 Å². The monoisotopic (exact) mass is 313 g/mol. The quantitative estimate of drug-likeness (QED) is 0.656. The molecule has 0 saturated heterocycles. The Morgan fingerprint density at radius 1 is 1.00 bits per heavy atom. The van der Waals surface area contributed by atoms with Gasteiger partial charge >= 0.3 is 0 Å². The van der Waals surface area contributed by atoms with Gasteiger partial charge < -0.3 is 4.74 Å². The molecule has 0 radical (unpaired) electrons. The van der Waals surface area contributed by atoms with E-state index in [9.17, 15) is 0 Å². The van der Waals surface area contributed by atoms with E-state index < -0.39 is 0 Å². The fourth-order valence-corrected chi connectivity index (χ4v) is 2.26. The minimum atomic E-state index is 0.624. The van der Waals surface area contributed by atoms with Crippen LogP contribution in [-0.2, 0) is 0 Å². The molecule has 3 rings (SSSR count). The van der Waals surface area contributed by atoms with E-state index >= 15 is 0 Å². The Kier molecular flexibility index (Phi) is 3.22. The fraction of sp³-hybridized carbons (Fsp3) is 0.0625. The summed E-state index contributed by atoms with van der Waals surface area (Å²) in [5, 5.41) is 1.16. The van der Waals surface area contributed by atoms with Gasteiger partial charge in [-0.1, -0.05) is 34.1 Å². The molecular formula is C16H12BrNO. The molecular weight excluding hydrogens is 302 g/mol. The number of aromatic nitrogens is 1. The maximum absolute atomic E-state index is 5.79. The summed E-state index contributed by atoms with van der Waals surface area (Å²) < 4.78 is 6.82. The summed E-state index contributed by atoms with van der Waals surface area (Å²) in [5.41, 5.74) is 2.12. The lowest BCUT2D eigenvalue weighted by Gasteiger charge is -2.08. The molecule has 0 aliphatic heterocycles. The van der Waals surface area contributed by atoms with Crippen LogP contribution >= 0.6 is 15.9 Å². The highest BCUT2D eigenvalue weighted by atomic mass is 79.9. The highest BCUT2D eigenvalue weighted by molar-refractivity contribution is 9.10. The molecule has 0 aliphatic rings.